The van der Waals surface area contributed by atoms with Crippen molar-refractivity contribution >= 4 is 39.4 Å². The highest BCUT2D eigenvalue weighted by atomic mass is 79.9. The largest absolute Gasteiger partial charge is 0.489 e. The molecule has 3 nitrogen and oxygen atoms in total. The molecule has 0 saturated heterocycles. The number of hydrogen-bond acceptors (Lipinski definition) is 3. The van der Waals surface area contributed by atoms with Gasteiger partial charge in [-0.3, -0.25) is 4.79 Å². The first-order valence-corrected chi connectivity index (χ1v) is 9.99. The van der Waals surface area contributed by atoms with E-state index in [2.05, 4.69) is 15.9 Å². The lowest BCUT2D eigenvalue weighted by molar-refractivity contribution is 0.101. The van der Waals surface area contributed by atoms with Gasteiger partial charge in [-0.25, -0.2) is 4.39 Å². The standard InChI is InChI=1S/C23H15BrClFO3/c1-13-8-17(28-12-15-6-7-16(26)10-19(15)25)11-20-22(13)23(27)21(29-20)9-14-4-2-3-5-18(14)24/h2-11H,12H2,1H3/b21-9-. The number of fused-ring (bicyclic) bond motifs is 1. The smallest absolute Gasteiger partial charge is 0.232 e. The van der Waals surface area contributed by atoms with Crippen molar-refractivity contribution in [2.75, 3.05) is 0 Å². The third-order valence-corrected chi connectivity index (χ3v) is 5.62. The second kappa shape index (κ2) is 8.01. The number of aryl methyl sites for hydroxylation is 1. The number of Topliss-reactive ketones (excluding diaryl/α,β-unsaturated/α-hetero) is 1. The summed E-state index contributed by atoms with van der Waals surface area (Å²) in [6.45, 7) is 2.00. The average molecular weight is 474 g/mol. The molecule has 0 aromatic heterocycles. The number of allylic oxidation sites excluding steroid dienone is 1. The van der Waals surface area contributed by atoms with Gasteiger partial charge in [0.25, 0.3) is 0 Å². The Morgan fingerprint density at radius 3 is 2.72 bits per heavy atom. The Bertz CT molecular complexity index is 1160. The number of ketones is 1. The maximum atomic E-state index is 13.2. The quantitative estimate of drug-likeness (QED) is 0.393. The van der Waals surface area contributed by atoms with Gasteiger partial charge in [0.15, 0.2) is 5.76 Å². The van der Waals surface area contributed by atoms with Crippen molar-refractivity contribution < 1.29 is 18.7 Å². The molecule has 3 aromatic carbocycles. The molecule has 0 fully saturated rings. The number of carbonyl (C=O) groups excluding carboxylic acids is 1. The number of ether oxygens (including phenoxy) is 2. The van der Waals surface area contributed by atoms with Gasteiger partial charge in [-0.1, -0.05) is 51.8 Å². The van der Waals surface area contributed by atoms with Gasteiger partial charge in [-0.2, -0.15) is 0 Å². The number of carbonyl (C=O) groups is 1. The Kier molecular flexibility index (Phi) is 5.43. The average Bonchev–Trinajstić information content (AvgIpc) is 2.99. The van der Waals surface area contributed by atoms with Crippen LogP contribution in [-0.4, -0.2) is 5.78 Å². The summed E-state index contributed by atoms with van der Waals surface area (Å²) in [6.07, 6.45) is 1.71. The van der Waals surface area contributed by atoms with E-state index < -0.39 is 5.82 Å². The fraction of sp³-hybridized carbons (Fsp3) is 0.0870. The third-order valence-electron chi connectivity index (χ3n) is 4.54. The van der Waals surface area contributed by atoms with Crippen molar-refractivity contribution in [3.63, 3.8) is 0 Å². The SMILES string of the molecule is Cc1cc(OCc2ccc(F)cc2Cl)cc2c1C(=O)/C(=C/c1ccccc1Br)O2. The Morgan fingerprint density at radius 1 is 1.17 bits per heavy atom. The predicted octanol–water partition coefficient (Wildman–Crippen LogP) is 6.75. The highest BCUT2D eigenvalue weighted by Gasteiger charge is 2.30. The zero-order valence-electron chi connectivity index (χ0n) is 15.3. The zero-order valence-corrected chi connectivity index (χ0v) is 17.7. The molecule has 6 heteroatoms. The van der Waals surface area contributed by atoms with Gasteiger partial charge in [0.1, 0.15) is 23.9 Å². The molecule has 0 N–H and O–H groups in total. The van der Waals surface area contributed by atoms with Gasteiger partial charge in [0, 0.05) is 16.1 Å². The lowest BCUT2D eigenvalue weighted by atomic mass is 10.0. The van der Waals surface area contributed by atoms with E-state index in [0.717, 1.165) is 15.6 Å². The maximum absolute atomic E-state index is 13.2. The summed E-state index contributed by atoms with van der Waals surface area (Å²) < 4.78 is 25.7. The Morgan fingerprint density at radius 2 is 1.97 bits per heavy atom. The van der Waals surface area contributed by atoms with Gasteiger partial charge >= 0.3 is 0 Å². The van der Waals surface area contributed by atoms with Crippen LogP contribution in [0.25, 0.3) is 6.08 Å². The van der Waals surface area contributed by atoms with Crippen molar-refractivity contribution in [3.05, 3.63) is 97.9 Å². The lowest BCUT2D eigenvalue weighted by Gasteiger charge is -2.10. The molecule has 4 rings (SSSR count). The summed E-state index contributed by atoms with van der Waals surface area (Å²) in [7, 11) is 0. The van der Waals surface area contributed by atoms with Crippen LogP contribution in [0, 0.1) is 12.7 Å². The van der Waals surface area contributed by atoms with E-state index in [1.54, 1.807) is 24.3 Å². The molecule has 0 saturated carbocycles. The molecular formula is C23H15BrClFO3. The second-order valence-corrected chi connectivity index (χ2v) is 7.86. The van der Waals surface area contributed by atoms with Crippen LogP contribution in [0.5, 0.6) is 11.5 Å². The predicted molar refractivity (Wildman–Crippen MR) is 114 cm³/mol. The molecule has 0 atom stereocenters. The van der Waals surface area contributed by atoms with Gasteiger partial charge < -0.3 is 9.47 Å². The minimum absolute atomic E-state index is 0.165. The molecule has 1 heterocycles. The normalized spacial score (nSPS) is 14.1. The highest BCUT2D eigenvalue weighted by Crippen LogP contribution is 2.38. The highest BCUT2D eigenvalue weighted by molar-refractivity contribution is 9.10. The first kappa shape index (κ1) is 19.7. The summed E-state index contributed by atoms with van der Waals surface area (Å²) in [6, 6.07) is 15.2. The monoisotopic (exact) mass is 472 g/mol. The fourth-order valence-electron chi connectivity index (χ4n) is 3.09. The van der Waals surface area contributed by atoms with E-state index >= 15 is 0 Å². The molecule has 0 amide bonds. The molecule has 0 aliphatic carbocycles. The third kappa shape index (κ3) is 4.07. The molecule has 0 unspecified atom stereocenters. The number of halogens is 3. The van der Waals surface area contributed by atoms with Crippen LogP contribution in [0.3, 0.4) is 0 Å². The molecule has 0 bridgehead atoms. The first-order chi connectivity index (χ1) is 13.9. The van der Waals surface area contributed by atoms with E-state index in [1.165, 1.54) is 12.1 Å². The summed E-state index contributed by atoms with van der Waals surface area (Å²) in [5.41, 5.74) is 2.79. The molecule has 146 valence electrons. The van der Waals surface area contributed by atoms with E-state index in [1.807, 2.05) is 31.2 Å². The Balaban J connectivity index is 1.58. The molecule has 1 aliphatic rings. The number of hydrogen-bond donors (Lipinski definition) is 0. The van der Waals surface area contributed by atoms with Gasteiger partial charge in [0.05, 0.1) is 10.6 Å². The summed E-state index contributed by atoms with van der Waals surface area (Å²) in [5, 5.41) is 0.299. The summed E-state index contributed by atoms with van der Waals surface area (Å²) >= 11 is 9.52. The van der Waals surface area contributed by atoms with Crippen LogP contribution in [0.2, 0.25) is 5.02 Å². The van der Waals surface area contributed by atoms with Crippen molar-refractivity contribution in [1.29, 1.82) is 0 Å². The van der Waals surface area contributed by atoms with Crippen LogP contribution >= 0.6 is 27.5 Å². The second-order valence-electron chi connectivity index (χ2n) is 6.60. The fourth-order valence-corrected chi connectivity index (χ4v) is 3.71. The van der Waals surface area contributed by atoms with Gasteiger partial charge in [0.2, 0.25) is 5.78 Å². The molecular weight excluding hydrogens is 459 g/mol. The van der Waals surface area contributed by atoms with Crippen LogP contribution in [0.1, 0.15) is 27.0 Å². The van der Waals surface area contributed by atoms with Crippen LogP contribution < -0.4 is 9.47 Å². The summed E-state index contributed by atoms with van der Waals surface area (Å²) in [4.78, 5) is 12.8. The van der Waals surface area contributed by atoms with Crippen molar-refractivity contribution in [3.8, 4) is 11.5 Å². The van der Waals surface area contributed by atoms with Crippen LogP contribution in [0.4, 0.5) is 4.39 Å². The van der Waals surface area contributed by atoms with E-state index in [4.69, 9.17) is 21.1 Å². The zero-order chi connectivity index (χ0) is 20.5. The maximum Gasteiger partial charge on any atom is 0.232 e. The van der Waals surface area contributed by atoms with Crippen LogP contribution in [-0.2, 0) is 6.61 Å². The number of rotatable bonds is 4. The van der Waals surface area contributed by atoms with Gasteiger partial charge in [-0.05, 0) is 48.4 Å². The number of benzene rings is 3. The van der Waals surface area contributed by atoms with E-state index in [0.29, 0.717) is 27.6 Å². The van der Waals surface area contributed by atoms with Crippen molar-refractivity contribution in [1.82, 2.24) is 0 Å². The molecule has 1 aliphatic heterocycles. The molecule has 3 aromatic rings. The van der Waals surface area contributed by atoms with Crippen molar-refractivity contribution in [2.24, 2.45) is 0 Å². The van der Waals surface area contributed by atoms with Gasteiger partial charge in [-0.15, -0.1) is 0 Å². The summed E-state index contributed by atoms with van der Waals surface area (Å²) in [5.74, 6) is 0.684. The minimum atomic E-state index is -0.400. The Hall–Kier alpha value is -2.63. The molecule has 0 spiro atoms. The van der Waals surface area contributed by atoms with E-state index in [9.17, 15) is 9.18 Å². The Labute approximate surface area is 180 Å². The molecule has 29 heavy (non-hydrogen) atoms. The first-order valence-electron chi connectivity index (χ1n) is 8.82. The molecule has 0 radical (unpaired) electrons. The lowest BCUT2D eigenvalue weighted by Crippen LogP contribution is -2.00. The van der Waals surface area contributed by atoms with Crippen LogP contribution in [0.15, 0.2) is 64.8 Å². The minimum Gasteiger partial charge on any atom is -0.489 e. The van der Waals surface area contributed by atoms with E-state index in [-0.39, 0.29) is 18.1 Å². The van der Waals surface area contributed by atoms with Crippen molar-refractivity contribution in [2.45, 2.75) is 13.5 Å². The topological polar surface area (TPSA) is 35.5 Å².